The molecular formula is C16H17BrO2S. The number of halogens is 1. The van der Waals surface area contributed by atoms with Crippen molar-refractivity contribution in [1.29, 1.82) is 0 Å². The van der Waals surface area contributed by atoms with Gasteiger partial charge in [-0.2, -0.15) is 0 Å². The van der Waals surface area contributed by atoms with E-state index < -0.39 is 6.10 Å². The van der Waals surface area contributed by atoms with Gasteiger partial charge in [-0.25, -0.2) is 0 Å². The monoisotopic (exact) mass is 352 g/mol. The zero-order valence-electron chi connectivity index (χ0n) is 11.1. The van der Waals surface area contributed by atoms with Crippen molar-refractivity contribution in [3.63, 3.8) is 0 Å². The van der Waals surface area contributed by atoms with Crippen LogP contribution in [0, 0.1) is 0 Å². The summed E-state index contributed by atoms with van der Waals surface area (Å²) in [6.45, 7) is 1.41. The zero-order chi connectivity index (χ0) is 14.0. The second-order valence-corrected chi connectivity index (χ2v) is 6.97. The van der Waals surface area contributed by atoms with Gasteiger partial charge in [0.2, 0.25) is 0 Å². The van der Waals surface area contributed by atoms with Gasteiger partial charge in [0, 0.05) is 28.0 Å². The molecule has 1 atom stereocenters. The minimum atomic E-state index is -0.497. The second-order valence-electron chi connectivity index (χ2n) is 5.17. The van der Waals surface area contributed by atoms with Crippen molar-refractivity contribution in [2.45, 2.75) is 24.4 Å². The van der Waals surface area contributed by atoms with Crippen LogP contribution in [0.5, 0.6) is 0 Å². The Hall–Kier alpha value is -0.680. The number of rotatable bonds is 3. The average Bonchev–Trinajstić information content (AvgIpc) is 2.94. The molecule has 2 heterocycles. The van der Waals surface area contributed by atoms with Gasteiger partial charge in [-0.3, -0.25) is 0 Å². The zero-order valence-corrected chi connectivity index (χ0v) is 13.5. The fourth-order valence-corrected chi connectivity index (χ4v) is 4.67. The Kier molecular flexibility index (Phi) is 4.26. The topological polar surface area (TPSA) is 29.5 Å². The van der Waals surface area contributed by atoms with Gasteiger partial charge in [0.05, 0.1) is 6.10 Å². The molecule has 1 aromatic heterocycles. The standard InChI is InChI=1S/C16H17BrO2S/c17-13-6-11-20-14(13)15(18)16(7-9-19-10-8-16)12-4-2-1-3-5-12/h1-6,11,15,18H,7-10H2. The van der Waals surface area contributed by atoms with Crippen LogP contribution in [-0.4, -0.2) is 18.3 Å². The molecule has 0 spiro atoms. The van der Waals surface area contributed by atoms with Crippen LogP contribution >= 0.6 is 27.3 Å². The summed E-state index contributed by atoms with van der Waals surface area (Å²) < 4.78 is 6.52. The minimum Gasteiger partial charge on any atom is -0.387 e. The van der Waals surface area contributed by atoms with Crippen molar-refractivity contribution in [2.24, 2.45) is 0 Å². The maximum atomic E-state index is 11.0. The molecular weight excluding hydrogens is 336 g/mol. The van der Waals surface area contributed by atoms with Crippen LogP contribution in [0.25, 0.3) is 0 Å². The van der Waals surface area contributed by atoms with Crippen molar-refractivity contribution in [1.82, 2.24) is 0 Å². The molecule has 0 aliphatic carbocycles. The van der Waals surface area contributed by atoms with Crippen molar-refractivity contribution in [2.75, 3.05) is 13.2 Å². The molecule has 1 unspecified atom stereocenters. The summed E-state index contributed by atoms with van der Waals surface area (Å²) in [5, 5.41) is 13.1. The molecule has 106 valence electrons. The van der Waals surface area contributed by atoms with Crippen LogP contribution in [-0.2, 0) is 10.2 Å². The van der Waals surface area contributed by atoms with Crippen molar-refractivity contribution < 1.29 is 9.84 Å². The number of benzene rings is 1. The normalized spacial score (nSPS) is 19.7. The first-order chi connectivity index (χ1) is 9.74. The third-order valence-electron chi connectivity index (χ3n) is 4.15. The molecule has 3 rings (SSSR count). The third kappa shape index (κ3) is 2.46. The summed E-state index contributed by atoms with van der Waals surface area (Å²) in [4.78, 5) is 1.01. The fraction of sp³-hybridized carbons (Fsp3) is 0.375. The first-order valence-corrected chi connectivity index (χ1v) is 8.45. The highest BCUT2D eigenvalue weighted by molar-refractivity contribution is 9.10. The lowest BCUT2D eigenvalue weighted by Gasteiger charge is -2.41. The summed E-state index contributed by atoms with van der Waals surface area (Å²) in [5.41, 5.74) is 0.962. The number of hydrogen-bond donors (Lipinski definition) is 1. The average molecular weight is 353 g/mol. The van der Waals surface area contributed by atoms with Gasteiger partial charge in [-0.05, 0) is 45.8 Å². The maximum Gasteiger partial charge on any atom is 0.0991 e. The Labute approximate surface area is 131 Å². The molecule has 1 saturated heterocycles. The molecule has 0 radical (unpaired) electrons. The molecule has 2 nitrogen and oxygen atoms in total. The van der Waals surface area contributed by atoms with Crippen LogP contribution in [0.2, 0.25) is 0 Å². The fourth-order valence-electron chi connectivity index (χ4n) is 2.98. The van der Waals surface area contributed by atoms with Gasteiger partial charge >= 0.3 is 0 Å². The summed E-state index contributed by atoms with van der Waals surface area (Å²) >= 11 is 5.16. The van der Waals surface area contributed by atoms with Crippen LogP contribution < -0.4 is 0 Å². The first-order valence-electron chi connectivity index (χ1n) is 6.78. The molecule has 1 fully saturated rings. The smallest absolute Gasteiger partial charge is 0.0991 e. The van der Waals surface area contributed by atoms with Crippen LogP contribution in [0.15, 0.2) is 46.3 Å². The number of aliphatic hydroxyl groups is 1. The highest BCUT2D eigenvalue weighted by Gasteiger charge is 2.42. The van der Waals surface area contributed by atoms with E-state index in [4.69, 9.17) is 4.74 Å². The predicted molar refractivity (Wildman–Crippen MR) is 85.2 cm³/mol. The highest BCUT2D eigenvalue weighted by atomic mass is 79.9. The molecule has 1 aliphatic heterocycles. The summed E-state index contributed by atoms with van der Waals surface area (Å²) in [5.74, 6) is 0. The van der Waals surface area contributed by atoms with E-state index in [2.05, 4.69) is 28.1 Å². The number of thiophene rings is 1. The van der Waals surface area contributed by atoms with Crippen molar-refractivity contribution in [3.05, 3.63) is 56.7 Å². The lowest BCUT2D eigenvalue weighted by atomic mass is 9.69. The van der Waals surface area contributed by atoms with Gasteiger partial charge in [0.25, 0.3) is 0 Å². The Morgan fingerprint density at radius 3 is 2.45 bits per heavy atom. The Morgan fingerprint density at radius 1 is 1.15 bits per heavy atom. The molecule has 0 bridgehead atoms. The van der Waals surface area contributed by atoms with Crippen molar-refractivity contribution >= 4 is 27.3 Å². The Morgan fingerprint density at radius 2 is 1.85 bits per heavy atom. The van der Waals surface area contributed by atoms with Gasteiger partial charge in [0.1, 0.15) is 0 Å². The SMILES string of the molecule is OC(c1sccc1Br)C1(c2ccccc2)CCOCC1. The lowest BCUT2D eigenvalue weighted by Crippen LogP contribution is -2.39. The van der Waals surface area contributed by atoms with E-state index in [0.717, 1.165) is 22.2 Å². The van der Waals surface area contributed by atoms with E-state index in [1.54, 1.807) is 11.3 Å². The van der Waals surface area contributed by atoms with E-state index in [-0.39, 0.29) is 5.41 Å². The number of aliphatic hydroxyl groups excluding tert-OH is 1. The molecule has 1 N–H and O–H groups in total. The van der Waals surface area contributed by atoms with E-state index in [1.807, 2.05) is 29.6 Å². The Balaban J connectivity index is 2.04. The largest absolute Gasteiger partial charge is 0.387 e. The lowest BCUT2D eigenvalue weighted by molar-refractivity contribution is -0.0159. The van der Waals surface area contributed by atoms with E-state index in [0.29, 0.717) is 13.2 Å². The van der Waals surface area contributed by atoms with Gasteiger partial charge in [-0.1, -0.05) is 30.3 Å². The molecule has 0 saturated carbocycles. The quantitative estimate of drug-likeness (QED) is 0.892. The minimum absolute atomic E-state index is 0.243. The second kappa shape index (κ2) is 5.98. The molecule has 2 aromatic rings. The van der Waals surface area contributed by atoms with E-state index >= 15 is 0 Å². The predicted octanol–water partition coefficient (Wildman–Crippen LogP) is 4.29. The van der Waals surface area contributed by atoms with E-state index in [1.165, 1.54) is 5.56 Å². The third-order valence-corrected chi connectivity index (χ3v) is 6.07. The van der Waals surface area contributed by atoms with Gasteiger partial charge in [0.15, 0.2) is 0 Å². The Bertz CT molecular complexity index is 561. The molecule has 4 heteroatoms. The van der Waals surface area contributed by atoms with Crippen LogP contribution in [0.4, 0.5) is 0 Å². The van der Waals surface area contributed by atoms with Gasteiger partial charge < -0.3 is 9.84 Å². The summed E-state index contributed by atoms with van der Waals surface area (Å²) in [6.07, 6.45) is 1.20. The van der Waals surface area contributed by atoms with Crippen LogP contribution in [0.3, 0.4) is 0 Å². The van der Waals surface area contributed by atoms with Crippen molar-refractivity contribution in [3.8, 4) is 0 Å². The molecule has 1 aliphatic rings. The summed E-state index contributed by atoms with van der Waals surface area (Å²) in [7, 11) is 0. The molecule has 1 aromatic carbocycles. The van der Waals surface area contributed by atoms with E-state index in [9.17, 15) is 5.11 Å². The highest BCUT2D eigenvalue weighted by Crippen LogP contribution is 2.47. The van der Waals surface area contributed by atoms with Crippen LogP contribution in [0.1, 0.15) is 29.4 Å². The number of hydrogen-bond acceptors (Lipinski definition) is 3. The summed E-state index contributed by atoms with van der Waals surface area (Å²) in [6, 6.07) is 12.3. The molecule has 20 heavy (non-hydrogen) atoms. The maximum absolute atomic E-state index is 11.0. The van der Waals surface area contributed by atoms with Gasteiger partial charge in [-0.15, -0.1) is 11.3 Å². The first kappa shape index (κ1) is 14.3. The molecule has 0 amide bonds. The number of ether oxygens (including phenoxy) is 1.